The number of ether oxygens (including phenoxy) is 2. The standard InChI is InChI=1S/C21H29N5O3/c1-14(2)11-17-23-21(25(24-17)9-10-28-3)20-19(15-5-4-8-22-12-15)26(16-6-7-16)18(27)13-29-20/h4-5,8,12,14,16,19-20H,6-7,9-11,13H2,1-3H3/t19-,20+/m1/s1. The number of hydrogen-bond acceptors (Lipinski definition) is 6. The van der Waals surface area contributed by atoms with Gasteiger partial charge in [-0.3, -0.25) is 9.78 Å². The maximum absolute atomic E-state index is 12.8. The molecule has 1 aliphatic heterocycles. The molecule has 1 saturated heterocycles. The third-order valence-corrected chi connectivity index (χ3v) is 5.32. The highest BCUT2D eigenvalue weighted by atomic mass is 16.5. The molecule has 8 nitrogen and oxygen atoms in total. The Morgan fingerprint density at radius 2 is 2.17 bits per heavy atom. The van der Waals surface area contributed by atoms with Crippen LogP contribution in [0, 0.1) is 5.92 Å². The van der Waals surface area contributed by atoms with E-state index in [1.165, 1.54) is 0 Å². The maximum atomic E-state index is 12.8. The van der Waals surface area contributed by atoms with Gasteiger partial charge in [-0.25, -0.2) is 9.67 Å². The Hall–Kier alpha value is -2.32. The number of hydrogen-bond donors (Lipinski definition) is 0. The van der Waals surface area contributed by atoms with Crippen molar-refractivity contribution in [2.45, 2.75) is 57.8 Å². The van der Waals surface area contributed by atoms with E-state index in [9.17, 15) is 4.79 Å². The van der Waals surface area contributed by atoms with Gasteiger partial charge in [-0.05, 0) is 30.4 Å². The fourth-order valence-corrected chi connectivity index (χ4v) is 3.92. The van der Waals surface area contributed by atoms with Crippen LogP contribution in [0.2, 0.25) is 0 Å². The van der Waals surface area contributed by atoms with E-state index in [1.807, 2.05) is 27.9 Å². The molecule has 0 spiro atoms. The molecule has 0 N–H and O–H groups in total. The first-order valence-electron chi connectivity index (χ1n) is 10.3. The van der Waals surface area contributed by atoms with E-state index in [4.69, 9.17) is 19.6 Å². The van der Waals surface area contributed by atoms with Gasteiger partial charge in [-0.1, -0.05) is 19.9 Å². The number of carbonyl (C=O) groups excluding carboxylic acids is 1. The third-order valence-electron chi connectivity index (χ3n) is 5.32. The molecule has 156 valence electrons. The van der Waals surface area contributed by atoms with E-state index in [0.717, 1.165) is 36.5 Å². The van der Waals surface area contributed by atoms with E-state index >= 15 is 0 Å². The lowest BCUT2D eigenvalue weighted by molar-refractivity contribution is -0.160. The molecule has 2 fully saturated rings. The zero-order valence-electron chi connectivity index (χ0n) is 17.3. The summed E-state index contributed by atoms with van der Waals surface area (Å²) in [5.74, 6) is 2.04. The summed E-state index contributed by atoms with van der Waals surface area (Å²) in [6.07, 6.45) is 6.03. The van der Waals surface area contributed by atoms with Gasteiger partial charge in [-0.15, -0.1) is 0 Å². The average Bonchev–Trinajstić information content (AvgIpc) is 3.47. The van der Waals surface area contributed by atoms with Crippen LogP contribution in [-0.4, -0.2) is 56.9 Å². The Kier molecular flexibility index (Phi) is 5.91. The number of aromatic nitrogens is 4. The van der Waals surface area contributed by atoms with Crippen LogP contribution in [0.4, 0.5) is 0 Å². The number of amides is 1. The molecule has 0 radical (unpaired) electrons. The quantitative estimate of drug-likeness (QED) is 0.678. The molecule has 1 amide bonds. The molecule has 29 heavy (non-hydrogen) atoms. The molecule has 1 aliphatic carbocycles. The van der Waals surface area contributed by atoms with Crippen molar-refractivity contribution >= 4 is 5.91 Å². The summed E-state index contributed by atoms with van der Waals surface area (Å²) in [6, 6.07) is 3.92. The molecule has 8 heteroatoms. The van der Waals surface area contributed by atoms with E-state index in [2.05, 4.69) is 18.8 Å². The Morgan fingerprint density at radius 1 is 1.34 bits per heavy atom. The van der Waals surface area contributed by atoms with Crippen LogP contribution in [0.15, 0.2) is 24.5 Å². The molecule has 2 aromatic heterocycles. The van der Waals surface area contributed by atoms with Crippen molar-refractivity contribution in [2.24, 2.45) is 5.92 Å². The summed E-state index contributed by atoms with van der Waals surface area (Å²) in [5.41, 5.74) is 0.962. The number of nitrogens with zero attached hydrogens (tertiary/aromatic N) is 5. The van der Waals surface area contributed by atoms with Gasteiger partial charge in [0.2, 0.25) is 5.91 Å². The van der Waals surface area contributed by atoms with Crippen LogP contribution in [-0.2, 0) is 27.2 Å². The fraction of sp³-hybridized carbons (Fsp3) is 0.619. The van der Waals surface area contributed by atoms with Gasteiger partial charge < -0.3 is 14.4 Å². The summed E-state index contributed by atoms with van der Waals surface area (Å²) in [4.78, 5) is 23.9. The van der Waals surface area contributed by atoms with Crippen LogP contribution >= 0.6 is 0 Å². The van der Waals surface area contributed by atoms with E-state index in [-0.39, 0.29) is 30.7 Å². The monoisotopic (exact) mass is 399 g/mol. The van der Waals surface area contributed by atoms with Gasteiger partial charge in [0, 0.05) is 32.0 Å². The molecule has 1 saturated carbocycles. The lowest BCUT2D eigenvalue weighted by Gasteiger charge is -2.41. The average molecular weight is 399 g/mol. The second-order valence-electron chi connectivity index (χ2n) is 8.20. The molecule has 2 aromatic rings. The highest BCUT2D eigenvalue weighted by Gasteiger charge is 2.47. The lowest BCUT2D eigenvalue weighted by Crippen LogP contribution is -2.47. The van der Waals surface area contributed by atoms with Crippen molar-refractivity contribution in [3.05, 3.63) is 41.7 Å². The van der Waals surface area contributed by atoms with Crippen LogP contribution in [0.3, 0.4) is 0 Å². The van der Waals surface area contributed by atoms with E-state index in [1.54, 1.807) is 13.3 Å². The SMILES string of the molecule is COCCn1nc(CC(C)C)nc1[C@H]1OCC(=O)N(C2CC2)[C@@H]1c1cccnc1. The molecular weight excluding hydrogens is 370 g/mol. The predicted molar refractivity (Wildman–Crippen MR) is 106 cm³/mol. The van der Waals surface area contributed by atoms with Gasteiger partial charge in [0.1, 0.15) is 12.7 Å². The third kappa shape index (κ3) is 4.33. The van der Waals surface area contributed by atoms with Crippen molar-refractivity contribution in [3.8, 4) is 0 Å². The smallest absolute Gasteiger partial charge is 0.249 e. The van der Waals surface area contributed by atoms with E-state index < -0.39 is 0 Å². The Labute approximate surface area is 171 Å². The second-order valence-corrected chi connectivity index (χ2v) is 8.20. The van der Waals surface area contributed by atoms with Gasteiger partial charge in [0.05, 0.1) is 19.2 Å². The van der Waals surface area contributed by atoms with Crippen LogP contribution in [0.25, 0.3) is 0 Å². The van der Waals surface area contributed by atoms with Gasteiger partial charge in [0.25, 0.3) is 0 Å². The molecule has 0 bridgehead atoms. The molecule has 0 aromatic carbocycles. The molecule has 0 unspecified atom stereocenters. The zero-order valence-corrected chi connectivity index (χ0v) is 17.3. The first kappa shape index (κ1) is 20.0. The van der Waals surface area contributed by atoms with Crippen LogP contribution in [0.1, 0.15) is 56.0 Å². The Balaban J connectivity index is 1.74. The highest BCUT2D eigenvalue weighted by Crippen LogP contribution is 2.44. The minimum Gasteiger partial charge on any atom is -0.383 e. The number of methoxy groups -OCH3 is 1. The highest BCUT2D eigenvalue weighted by molar-refractivity contribution is 5.79. The maximum Gasteiger partial charge on any atom is 0.249 e. The molecule has 2 atom stereocenters. The van der Waals surface area contributed by atoms with Gasteiger partial charge in [0.15, 0.2) is 11.6 Å². The van der Waals surface area contributed by atoms with Crippen molar-refractivity contribution < 1.29 is 14.3 Å². The summed E-state index contributed by atoms with van der Waals surface area (Å²) >= 11 is 0. The number of carbonyl (C=O) groups is 1. The van der Waals surface area contributed by atoms with Crippen molar-refractivity contribution in [1.29, 1.82) is 0 Å². The summed E-state index contributed by atoms with van der Waals surface area (Å²) in [6.45, 7) is 5.49. The minimum absolute atomic E-state index is 0.0305. The number of morpholine rings is 1. The minimum atomic E-state index is -0.386. The van der Waals surface area contributed by atoms with Crippen LogP contribution < -0.4 is 0 Å². The number of pyridine rings is 1. The first-order chi connectivity index (χ1) is 14.1. The number of rotatable bonds is 8. The zero-order chi connectivity index (χ0) is 20.4. The molecule has 3 heterocycles. The topological polar surface area (TPSA) is 82.4 Å². The van der Waals surface area contributed by atoms with Gasteiger partial charge >= 0.3 is 0 Å². The Morgan fingerprint density at radius 3 is 2.83 bits per heavy atom. The summed E-state index contributed by atoms with van der Waals surface area (Å²) in [7, 11) is 1.68. The first-order valence-corrected chi connectivity index (χ1v) is 10.3. The normalized spacial score (nSPS) is 22.5. The molecular formula is C21H29N5O3. The van der Waals surface area contributed by atoms with Crippen molar-refractivity contribution in [1.82, 2.24) is 24.6 Å². The van der Waals surface area contributed by atoms with Crippen molar-refractivity contribution in [3.63, 3.8) is 0 Å². The fourth-order valence-electron chi connectivity index (χ4n) is 3.92. The second kappa shape index (κ2) is 8.59. The Bertz CT molecular complexity index is 834. The van der Waals surface area contributed by atoms with Crippen LogP contribution in [0.5, 0.6) is 0 Å². The lowest BCUT2D eigenvalue weighted by atomic mass is 9.98. The largest absolute Gasteiger partial charge is 0.383 e. The predicted octanol–water partition coefficient (Wildman–Crippen LogP) is 2.32. The molecule has 2 aliphatic rings. The molecule has 4 rings (SSSR count). The summed E-state index contributed by atoms with van der Waals surface area (Å²) in [5, 5.41) is 4.72. The van der Waals surface area contributed by atoms with Gasteiger partial charge in [-0.2, -0.15) is 5.10 Å². The van der Waals surface area contributed by atoms with E-state index in [0.29, 0.717) is 19.1 Å². The van der Waals surface area contributed by atoms with Crippen molar-refractivity contribution in [2.75, 3.05) is 20.3 Å². The summed E-state index contributed by atoms with van der Waals surface area (Å²) < 4.78 is 13.3.